The number of hydrogen-bond donors (Lipinski definition) is 1. The normalized spacial score (nSPS) is 30.7. The SMILES string of the molecule is COC12C(=O)c3c(C)noc3C(N(C)C)C1CC1Cc3cc(F)c(C)c(O)c3C(=O)C1C2=O. The molecule has 0 bridgehead atoms. The number of phenols is 1. The number of aromatic nitrogens is 1. The molecule has 1 fully saturated rings. The van der Waals surface area contributed by atoms with Gasteiger partial charge in [0.25, 0.3) is 0 Å². The van der Waals surface area contributed by atoms with Crippen LogP contribution in [0.2, 0.25) is 0 Å². The van der Waals surface area contributed by atoms with Crippen LogP contribution >= 0.6 is 0 Å². The average Bonchev–Trinajstić information content (AvgIpc) is 3.13. The quantitative estimate of drug-likeness (QED) is 0.687. The second kappa shape index (κ2) is 7.04. The number of carbonyl (C=O) groups excluding carboxylic acids is 3. The van der Waals surface area contributed by atoms with E-state index in [1.807, 2.05) is 19.0 Å². The first kappa shape index (κ1) is 21.9. The first-order chi connectivity index (χ1) is 15.6. The topological polar surface area (TPSA) is 110 Å². The fourth-order valence-corrected chi connectivity index (χ4v) is 6.25. The standard InChI is InChI=1S/C24H25FN2O6/c1-9-14(25)8-12-6-11-7-13-18(27(3)4)21-15(10(2)26-33-21)22(30)24(13,32-5)23(31)17(11)20(29)16(12)19(9)28/h8,11,13,17-18,28H,6-7H2,1-5H3. The van der Waals surface area contributed by atoms with E-state index in [4.69, 9.17) is 9.26 Å². The van der Waals surface area contributed by atoms with E-state index in [1.165, 1.54) is 20.1 Å². The lowest BCUT2D eigenvalue weighted by Gasteiger charge is -2.52. The highest BCUT2D eigenvalue weighted by atomic mass is 19.1. The van der Waals surface area contributed by atoms with Gasteiger partial charge in [-0.2, -0.15) is 0 Å². The molecule has 9 heteroatoms. The maximum Gasteiger partial charge on any atom is 0.208 e. The van der Waals surface area contributed by atoms with Crippen molar-refractivity contribution in [1.82, 2.24) is 10.1 Å². The minimum atomic E-state index is -1.88. The van der Waals surface area contributed by atoms with Gasteiger partial charge in [-0.05, 0) is 58.3 Å². The van der Waals surface area contributed by atoms with Crippen molar-refractivity contribution >= 4 is 17.3 Å². The Morgan fingerprint density at radius 3 is 2.58 bits per heavy atom. The van der Waals surface area contributed by atoms with Gasteiger partial charge in [0.15, 0.2) is 22.9 Å². The van der Waals surface area contributed by atoms with Crippen LogP contribution in [0.4, 0.5) is 4.39 Å². The van der Waals surface area contributed by atoms with Gasteiger partial charge in [-0.25, -0.2) is 4.39 Å². The second-order valence-electron chi connectivity index (χ2n) is 9.56. The molecular formula is C24H25FN2O6. The summed E-state index contributed by atoms with van der Waals surface area (Å²) in [5.74, 6) is -4.70. The van der Waals surface area contributed by atoms with Gasteiger partial charge in [0.2, 0.25) is 5.78 Å². The van der Waals surface area contributed by atoms with E-state index < -0.39 is 58.3 Å². The van der Waals surface area contributed by atoms with Crippen molar-refractivity contribution in [2.75, 3.05) is 21.2 Å². The monoisotopic (exact) mass is 456 g/mol. The molecular weight excluding hydrogens is 431 g/mol. The molecule has 1 N–H and O–H groups in total. The van der Waals surface area contributed by atoms with Crippen LogP contribution in [0.15, 0.2) is 10.6 Å². The fourth-order valence-electron chi connectivity index (χ4n) is 6.25. The summed E-state index contributed by atoms with van der Waals surface area (Å²) in [6.07, 6.45) is 0.536. The number of Topliss-reactive ketones (excluding diaryl/α,β-unsaturated/α-hetero) is 3. The lowest BCUT2D eigenvalue weighted by molar-refractivity contribution is -0.159. The Morgan fingerprint density at radius 2 is 1.94 bits per heavy atom. The van der Waals surface area contributed by atoms with Crippen molar-refractivity contribution in [3.8, 4) is 5.75 Å². The molecule has 5 rings (SSSR count). The zero-order chi connectivity index (χ0) is 24.0. The molecule has 33 heavy (non-hydrogen) atoms. The Kier molecular flexibility index (Phi) is 4.68. The molecule has 0 spiro atoms. The van der Waals surface area contributed by atoms with Gasteiger partial charge in [-0.1, -0.05) is 5.16 Å². The maximum atomic E-state index is 14.3. The van der Waals surface area contributed by atoms with Gasteiger partial charge in [-0.15, -0.1) is 0 Å². The Balaban J connectivity index is 1.71. The fraction of sp³-hybridized carbons (Fsp3) is 0.500. The molecule has 0 saturated heterocycles. The van der Waals surface area contributed by atoms with Crippen LogP contribution in [0.3, 0.4) is 0 Å². The molecule has 8 nitrogen and oxygen atoms in total. The molecule has 1 aromatic heterocycles. The number of methoxy groups -OCH3 is 1. The lowest BCUT2D eigenvalue weighted by atomic mass is 9.54. The number of ketones is 3. The third-order valence-electron chi connectivity index (χ3n) is 7.76. The molecule has 0 radical (unpaired) electrons. The van der Waals surface area contributed by atoms with E-state index >= 15 is 0 Å². The van der Waals surface area contributed by atoms with E-state index in [1.54, 1.807) is 6.92 Å². The van der Waals surface area contributed by atoms with Crippen molar-refractivity contribution in [2.45, 2.75) is 38.3 Å². The van der Waals surface area contributed by atoms with Crippen molar-refractivity contribution < 1.29 is 33.1 Å². The average molecular weight is 456 g/mol. The van der Waals surface area contributed by atoms with Crippen LogP contribution in [-0.4, -0.2) is 59.3 Å². The number of aryl methyl sites for hydroxylation is 1. The minimum Gasteiger partial charge on any atom is -0.507 e. The van der Waals surface area contributed by atoms with Crippen molar-refractivity contribution in [2.24, 2.45) is 17.8 Å². The molecule has 1 heterocycles. The summed E-state index contributed by atoms with van der Waals surface area (Å²) < 4.78 is 25.6. The Labute approximate surface area is 189 Å². The predicted molar refractivity (Wildman–Crippen MR) is 113 cm³/mol. The first-order valence-electron chi connectivity index (χ1n) is 10.9. The van der Waals surface area contributed by atoms with Crippen LogP contribution in [-0.2, 0) is 16.0 Å². The van der Waals surface area contributed by atoms with E-state index in [9.17, 15) is 23.9 Å². The van der Waals surface area contributed by atoms with Crippen LogP contribution < -0.4 is 0 Å². The predicted octanol–water partition coefficient (Wildman–Crippen LogP) is 2.58. The van der Waals surface area contributed by atoms with Gasteiger partial charge in [0.1, 0.15) is 11.6 Å². The highest BCUT2D eigenvalue weighted by Gasteiger charge is 2.68. The highest BCUT2D eigenvalue weighted by Crippen LogP contribution is 2.56. The molecule has 5 atom stereocenters. The van der Waals surface area contributed by atoms with E-state index in [2.05, 4.69) is 5.16 Å². The molecule has 2 aromatic rings. The number of carbonyl (C=O) groups is 3. The van der Waals surface area contributed by atoms with Crippen LogP contribution in [0, 0.1) is 37.4 Å². The zero-order valence-electron chi connectivity index (χ0n) is 19.1. The van der Waals surface area contributed by atoms with Crippen molar-refractivity contribution in [1.29, 1.82) is 0 Å². The molecule has 1 aromatic carbocycles. The molecule has 1 saturated carbocycles. The summed E-state index contributed by atoms with van der Waals surface area (Å²) in [4.78, 5) is 43.3. The zero-order valence-corrected chi connectivity index (χ0v) is 19.1. The summed E-state index contributed by atoms with van der Waals surface area (Å²) in [7, 11) is 4.94. The number of nitrogens with zero attached hydrogens (tertiary/aromatic N) is 2. The number of phenolic OH excluding ortho intramolecular Hbond substituents is 1. The Bertz CT molecular complexity index is 1230. The molecule has 3 aliphatic carbocycles. The summed E-state index contributed by atoms with van der Waals surface area (Å²) in [5.41, 5.74) is -1.02. The maximum absolute atomic E-state index is 14.3. The summed E-state index contributed by atoms with van der Waals surface area (Å²) >= 11 is 0. The Hall–Kier alpha value is -2.91. The number of halogens is 1. The molecule has 174 valence electrons. The Morgan fingerprint density at radius 1 is 1.24 bits per heavy atom. The second-order valence-corrected chi connectivity index (χ2v) is 9.56. The van der Waals surface area contributed by atoms with Crippen molar-refractivity contribution in [3.05, 3.63) is 45.6 Å². The van der Waals surface area contributed by atoms with E-state index in [0.717, 1.165) is 0 Å². The van der Waals surface area contributed by atoms with Gasteiger partial charge < -0.3 is 14.4 Å². The van der Waals surface area contributed by atoms with Crippen LogP contribution in [0.5, 0.6) is 5.75 Å². The first-order valence-corrected chi connectivity index (χ1v) is 10.9. The number of ether oxygens (including phenoxy) is 1. The molecule has 3 aliphatic rings. The molecule has 5 unspecified atom stereocenters. The third kappa shape index (κ3) is 2.57. The molecule has 0 amide bonds. The van der Waals surface area contributed by atoms with Gasteiger partial charge in [-0.3, -0.25) is 19.3 Å². The summed E-state index contributed by atoms with van der Waals surface area (Å²) in [6, 6.07) is 0.776. The molecule has 0 aliphatic heterocycles. The number of hydrogen-bond acceptors (Lipinski definition) is 8. The minimum absolute atomic E-state index is 0.0394. The largest absolute Gasteiger partial charge is 0.507 e. The van der Waals surface area contributed by atoms with Crippen LogP contribution in [0.1, 0.15) is 55.8 Å². The summed E-state index contributed by atoms with van der Waals surface area (Å²) in [6.45, 7) is 3.01. The van der Waals surface area contributed by atoms with E-state index in [0.29, 0.717) is 23.4 Å². The van der Waals surface area contributed by atoms with Gasteiger partial charge >= 0.3 is 0 Å². The van der Waals surface area contributed by atoms with Crippen LogP contribution in [0.25, 0.3) is 0 Å². The van der Waals surface area contributed by atoms with Crippen molar-refractivity contribution in [3.63, 3.8) is 0 Å². The smallest absolute Gasteiger partial charge is 0.208 e. The van der Waals surface area contributed by atoms with Gasteiger partial charge in [0.05, 0.1) is 28.8 Å². The number of rotatable bonds is 2. The number of fused-ring (bicyclic) bond motifs is 4. The lowest BCUT2D eigenvalue weighted by Crippen LogP contribution is -2.67. The number of aromatic hydroxyl groups is 1. The summed E-state index contributed by atoms with van der Waals surface area (Å²) in [5, 5.41) is 14.5. The number of benzene rings is 1. The third-order valence-corrected chi connectivity index (χ3v) is 7.76. The highest BCUT2D eigenvalue weighted by molar-refractivity contribution is 6.26. The van der Waals surface area contributed by atoms with E-state index in [-0.39, 0.29) is 23.1 Å². The van der Waals surface area contributed by atoms with Gasteiger partial charge in [0, 0.05) is 18.6 Å².